The van der Waals surface area contributed by atoms with Gasteiger partial charge in [0.1, 0.15) is 0 Å². The van der Waals surface area contributed by atoms with Crippen molar-refractivity contribution in [1.82, 2.24) is 15.0 Å². The first-order chi connectivity index (χ1) is 7.65. The number of nitrogen functional groups attached to an aromatic ring is 1. The van der Waals surface area contributed by atoms with E-state index in [0.29, 0.717) is 0 Å². The normalized spacial score (nSPS) is 10.6. The van der Waals surface area contributed by atoms with E-state index in [2.05, 4.69) is 23.3 Å². The molecule has 16 heavy (non-hydrogen) atoms. The number of aryl methyl sites for hydroxylation is 2. The first-order valence-corrected chi connectivity index (χ1v) is 5.98. The van der Waals surface area contributed by atoms with Gasteiger partial charge in [-0.25, -0.2) is 0 Å². The van der Waals surface area contributed by atoms with Gasteiger partial charge in [-0.15, -0.1) is 16.9 Å². The summed E-state index contributed by atoms with van der Waals surface area (Å²) in [6.07, 6.45) is 1.92. The van der Waals surface area contributed by atoms with E-state index < -0.39 is 0 Å². The fourth-order valence-electron chi connectivity index (χ4n) is 1.38. The van der Waals surface area contributed by atoms with E-state index in [9.17, 15) is 0 Å². The summed E-state index contributed by atoms with van der Waals surface area (Å²) in [5.41, 5.74) is 8.90. The summed E-state index contributed by atoms with van der Waals surface area (Å²) >= 11 is 1.69. The summed E-state index contributed by atoms with van der Waals surface area (Å²) < 4.78 is 1.70. The molecule has 2 N–H and O–H groups in total. The highest BCUT2D eigenvalue weighted by molar-refractivity contribution is 7.98. The van der Waals surface area contributed by atoms with Crippen LogP contribution in [0.25, 0.3) is 0 Å². The molecule has 84 valence electrons. The van der Waals surface area contributed by atoms with Crippen molar-refractivity contribution in [3.63, 3.8) is 0 Å². The zero-order valence-corrected chi connectivity index (χ0v) is 10.2. The molecule has 4 nitrogen and oxygen atoms in total. The summed E-state index contributed by atoms with van der Waals surface area (Å²) in [7, 11) is 1.86. The summed E-state index contributed by atoms with van der Waals surface area (Å²) in [4.78, 5) is 1.10. The summed E-state index contributed by atoms with van der Waals surface area (Å²) in [5.74, 6) is 0.793. The van der Waals surface area contributed by atoms with Crippen LogP contribution in [0, 0.1) is 6.92 Å². The molecule has 0 aliphatic rings. The second kappa shape index (κ2) is 4.57. The largest absolute Gasteiger partial charge is 0.398 e. The lowest BCUT2D eigenvalue weighted by Crippen LogP contribution is -1.90. The molecular weight excluding hydrogens is 220 g/mol. The molecule has 1 aromatic heterocycles. The van der Waals surface area contributed by atoms with Crippen LogP contribution < -0.4 is 5.73 Å². The van der Waals surface area contributed by atoms with E-state index >= 15 is 0 Å². The van der Waals surface area contributed by atoms with E-state index in [0.717, 1.165) is 22.0 Å². The van der Waals surface area contributed by atoms with Crippen LogP contribution in [0.2, 0.25) is 0 Å². The molecule has 0 aliphatic heterocycles. The monoisotopic (exact) mass is 234 g/mol. The van der Waals surface area contributed by atoms with Crippen molar-refractivity contribution >= 4 is 17.4 Å². The van der Waals surface area contributed by atoms with E-state index in [1.165, 1.54) is 5.56 Å². The number of hydrogen-bond acceptors (Lipinski definition) is 4. The molecule has 2 aromatic rings. The predicted molar refractivity (Wildman–Crippen MR) is 66.2 cm³/mol. The van der Waals surface area contributed by atoms with Crippen molar-refractivity contribution in [2.24, 2.45) is 7.05 Å². The van der Waals surface area contributed by atoms with Crippen molar-refractivity contribution in [3.8, 4) is 0 Å². The van der Waals surface area contributed by atoms with E-state index in [1.54, 1.807) is 16.4 Å². The molecule has 0 amide bonds. The van der Waals surface area contributed by atoms with Gasteiger partial charge in [-0.1, -0.05) is 11.3 Å². The predicted octanol–water partition coefficient (Wildman–Crippen LogP) is 2.00. The molecule has 2 rings (SSSR count). The zero-order valence-electron chi connectivity index (χ0n) is 9.34. The average Bonchev–Trinajstić information content (AvgIpc) is 2.66. The van der Waals surface area contributed by atoms with Crippen LogP contribution in [-0.2, 0) is 12.8 Å². The minimum Gasteiger partial charge on any atom is -0.398 e. The molecule has 0 atom stereocenters. The third kappa shape index (κ3) is 2.55. The number of anilines is 1. The maximum atomic E-state index is 5.90. The number of thioether (sulfide) groups is 1. The summed E-state index contributed by atoms with van der Waals surface area (Å²) in [6.45, 7) is 2.06. The van der Waals surface area contributed by atoms with Crippen LogP contribution in [0.15, 0.2) is 29.3 Å². The van der Waals surface area contributed by atoms with Gasteiger partial charge in [0.25, 0.3) is 0 Å². The highest BCUT2D eigenvalue weighted by atomic mass is 32.2. The van der Waals surface area contributed by atoms with Crippen molar-refractivity contribution in [2.75, 3.05) is 5.73 Å². The maximum Gasteiger partial charge on any atom is 0.0929 e. The van der Waals surface area contributed by atoms with Crippen LogP contribution in [-0.4, -0.2) is 15.0 Å². The molecule has 0 aliphatic carbocycles. The van der Waals surface area contributed by atoms with Gasteiger partial charge in [-0.3, -0.25) is 4.68 Å². The standard InChI is InChI=1S/C11H14N4S/c1-8-3-4-10(12)11(5-8)16-7-9-6-15(2)14-13-9/h3-6H,7,12H2,1-2H3. The van der Waals surface area contributed by atoms with E-state index in [4.69, 9.17) is 5.73 Å². The Morgan fingerprint density at radius 1 is 1.44 bits per heavy atom. The van der Waals surface area contributed by atoms with Crippen LogP contribution in [0.3, 0.4) is 0 Å². The van der Waals surface area contributed by atoms with Crippen LogP contribution in [0.4, 0.5) is 5.69 Å². The third-order valence-corrected chi connectivity index (χ3v) is 3.30. The first-order valence-electron chi connectivity index (χ1n) is 4.99. The number of benzene rings is 1. The van der Waals surface area contributed by atoms with Crippen molar-refractivity contribution < 1.29 is 0 Å². The molecule has 1 aromatic carbocycles. The summed E-state index contributed by atoms with van der Waals surface area (Å²) in [6, 6.07) is 6.05. The molecule has 0 bridgehead atoms. The quantitative estimate of drug-likeness (QED) is 0.652. The van der Waals surface area contributed by atoms with Gasteiger partial charge >= 0.3 is 0 Å². The molecule has 0 unspecified atom stereocenters. The molecule has 0 fully saturated rings. The van der Waals surface area contributed by atoms with Gasteiger partial charge in [-0.05, 0) is 24.6 Å². The van der Waals surface area contributed by atoms with Crippen LogP contribution in [0.5, 0.6) is 0 Å². The molecule has 0 spiro atoms. The Labute approximate surface area is 98.8 Å². The lowest BCUT2D eigenvalue weighted by molar-refractivity contribution is 0.714. The molecule has 0 saturated carbocycles. The Morgan fingerprint density at radius 3 is 2.94 bits per heavy atom. The number of nitrogens with zero attached hydrogens (tertiary/aromatic N) is 3. The smallest absolute Gasteiger partial charge is 0.0929 e. The molecule has 5 heteroatoms. The van der Waals surface area contributed by atoms with Crippen molar-refractivity contribution in [2.45, 2.75) is 17.6 Å². The molecular formula is C11H14N4S. The summed E-state index contributed by atoms with van der Waals surface area (Å²) in [5, 5.41) is 7.93. The minimum atomic E-state index is 0.793. The molecule has 0 saturated heterocycles. The fraction of sp³-hybridized carbons (Fsp3) is 0.273. The molecule has 1 heterocycles. The number of hydrogen-bond donors (Lipinski definition) is 1. The third-order valence-electron chi connectivity index (χ3n) is 2.19. The molecule has 0 radical (unpaired) electrons. The Morgan fingerprint density at radius 2 is 2.25 bits per heavy atom. The SMILES string of the molecule is Cc1ccc(N)c(SCc2cn(C)nn2)c1. The topological polar surface area (TPSA) is 56.7 Å². The minimum absolute atomic E-state index is 0.793. The van der Waals surface area contributed by atoms with Crippen molar-refractivity contribution in [3.05, 3.63) is 35.7 Å². The van der Waals surface area contributed by atoms with E-state index in [1.807, 2.05) is 25.4 Å². The number of nitrogens with two attached hydrogens (primary N) is 1. The zero-order chi connectivity index (χ0) is 11.5. The Hall–Kier alpha value is -1.49. The number of aromatic nitrogens is 3. The lowest BCUT2D eigenvalue weighted by Gasteiger charge is -2.04. The fourth-order valence-corrected chi connectivity index (χ4v) is 2.32. The lowest BCUT2D eigenvalue weighted by atomic mass is 10.2. The second-order valence-corrected chi connectivity index (χ2v) is 4.73. The van der Waals surface area contributed by atoms with Crippen molar-refractivity contribution in [1.29, 1.82) is 0 Å². The maximum absolute atomic E-state index is 5.90. The van der Waals surface area contributed by atoms with Gasteiger partial charge in [0.05, 0.1) is 5.69 Å². The Balaban J connectivity index is 2.07. The second-order valence-electron chi connectivity index (χ2n) is 3.71. The highest BCUT2D eigenvalue weighted by Crippen LogP contribution is 2.28. The van der Waals surface area contributed by atoms with E-state index in [-0.39, 0.29) is 0 Å². The average molecular weight is 234 g/mol. The van der Waals surface area contributed by atoms with Gasteiger partial charge in [0, 0.05) is 29.6 Å². The number of rotatable bonds is 3. The van der Waals surface area contributed by atoms with Gasteiger partial charge in [-0.2, -0.15) is 0 Å². The Kier molecular flexibility index (Phi) is 3.14. The van der Waals surface area contributed by atoms with Gasteiger partial charge in [0.15, 0.2) is 0 Å². The Bertz CT molecular complexity index is 492. The van der Waals surface area contributed by atoms with Gasteiger partial charge in [0.2, 0.25) is 0 Å². The highest BCUT2D eigenvalue weighted by Gasteiger charge is 2.03. The first kappa shape index (κ1) is 11.0. The van der Waals surface area contributed by atoms with Crippen LogP contribution >= 0.6 is 11.8 Å². The van der Waals surface area contributed by atoms with Gasteiger partial charge < -0.3 is 5.73 Å². The van der Waals surface area contributed by atoms with Crippen LogP contribution in [0.1, 0.15) is 11.3 Å².